The average molecular weight is 334 g/mol. The van der Waals surface area contributed by atoms with Crippen LogP contribution in [0.25, 0.3) is 0 Å². The van der Waals surface area contributed by atoms with Crippen molar-refractivity contribution in [2.45, 2.75) is 4.90 Å². The molecule has 0 aromatic heterocycles. The fraction of sp³-hybridized carbons (Fsp3) is 0.538. The molecule has 1 aliphatic rings. The quantitative estimate of drug-likeness (QED) is 0.672. The van der Waals surface area contributed by atoms with Crippen molar-refractivity contribution in [1.29, 1.82) is 0 Å². The molecule has 0 atom stereocenters. The third kappa shape index (κ3) is 6.16. The van der Waals surface area contributed by atoms with Gasteiger partial charge in [0.05, 0.1) is 13.2 Å². The van der Waals surface area contributed by atoms with E-state index in [0.29, 0.717) is 5.75 Å². The van der Waals surface area contributed by atoms with Gasteiger partial charge in [-0.3, -0.25) is 0 Å². The highest BCUT2D eigenvalue weighted by Crippen LogP contribution is 2.37. The number of fused-ring (bicyclic) bond motifs is 1. The molecular formula is C13H22N2O6S. The lowest BCUT2D eigenvalue weighted by Crippen LogP contribution is -2.23. The lowest BCUT2D eigenvalue weighted by atomic mass is 10.3. The molecule has 22 heavy (non-hydrogen) atoms. The van der Waals surface area contributed by atoms with E-state index in [4.69, 9.17) is 24.1 Å². The minimum absolute atomic E-state index is 0.0296. The number of primary sulfonamides is 1. The first kappa shape index (κ1) is 18.7. The van der Waals surface area contributed by atoms with Crippen LogP contribution in [0.4, 0.5) is 0 Å². The molecule has 1 aromatic carbocycles. The molecule has 2 rings (SSSR count). The maximum absolute atomic E-state index is 11.0. The normalized spacial score (nSPS) is 12.7. The number of hydrogen-bond acceptors (Lipinski definition) is 7. The van der Waals surface area contributed by atoms with Crippen LogP contribution in [-0.2, 0) is 19.5 Å². The first-order valence-corrected chi connectivity index (χ1v) is 8.15. The van der Waals surface area contributed by atoms with E-state index in [1.165, 1.54) is 6.07 Å². The molecule has 0 radical (unpaired) electrons. The van der Waals surface area contributed by atoms with Crippen molar-refractivity contribution in [3.05, 3.63) is 18.2 Å². The zero-order valence-corrected chi connectivity index (χ0v) is 13.5. The Balaban J connectivity index is 0.000000239. The summed E-state index contributed by atoms with van der Waals surface area (Å²) in [5.41, 5.74) is 0. The van der Waals surface area contributed by atoms with Gasteiger partial charge in [0, 0.05) is 27.3 Å². The van der Waals surface area contributed by atoms with Gasteiger partial charge < -0.3 is 24.3 Å². The molecule has 3 N–H and O–H groups in total. The molecule has 1 aliphatic heterocycles. The van der Waals surface area contributed by atoms with Crippen LogP contribution in [0.15, 0.2) is 23.1 Å². The van der Waals surface area contributed by atoms with Gasteiger partial charge in [-0.05, 0) is 12.1 Å². The van der Waals surface area contributed by atoms with E-state index in [-0.39, 0.29) is 17.4 Å². The summed E-state index contributed by atoms with van der Waals surface area (Å²) in [5.74, 6) is 0.608. The van der Waals surface area contributed by atoms with E-state index in [2.05, 4.69) is 5.32 Å². The van der Waals surface area contributed by atoms with Crippen molar-refractivity contribution in [2.75, 3.05) is 47.3 Å². The van der Waals surface area contributed by atoms with Crippen LogP contribution in [0.2, 0.25) is 0 Å². The van der Waals surface area contributed by atoms with Gasteiger partial charge in [0.25, 0.3) is 0 Å². The van der Waals surface area contributed by atoms with Gasteiger partial charge in [0.1, 0.15) is 4.90 Å². The number of methoxy groups -OCH3 is 2. The Morgan fingerprint density at radius 1 is 1.18 bits per heavy atom. The first-order valence-electron chi connectivity index (χ1n) is 6.60. The van der Waals surface area contributed by atoms with Gasteiger partial charge in [-0.25, -0.2) is 13.6 Å². The van der Waals surface area contributed by atoms with Crippen LogP contribution >= 0.6 is 0 Å². The van der Waals surface area contributed by atoms with Crippen LogP contribution in [0.1, 0.15) is 0 Å². The number of rotatable bonds is 7. The largest absolute Gasteiger partial charge is 0.454 e. The van der Waals surface area contributed by atoms with Crippen molar-refractivity contribution in [1.82, 2.24) is 5.32 Å². The minimum atomic E-state index is -3.73. The summed E-state index contributed by atoms with van der Waals surface area (Å²) in [6.45, 7) is 3.37. The van der Waals surface area contributed by atoms with Crippen LogP contribution in [0.5, 0.6) is 11.5 Å². The number of nitrogens with two attached hydrogens (primary N) is 1. The summed E-state index contributed by atoms with van der Waals surface area (Å²) in [5, 5.41) is 8.10. The predicted molar refractivity (Wildman–Crippen MR) is 80.6 cm³/mol. The van der Waals surface area contributed by atoms with Crippen LogP contribution in [-0.4, -0.2) is 55.7 Å². The smallest absolute Gasteiger partial charge is 0.241 e. The van der Waals surface area contributed by atoms with E-state index < -0.39 is 10.0 Å². The second kappa shape index (κ2) is 9.59. The molecule has 0 amide bonds. The van der Waals surface area contributed by atoms with Crippen LogP contribution < -0.4 is 19.9 Å². The van der Waals surface area contributed by atoms with Gasteiger partial charge in [-0.2, -0.15) is 0 Å². The zero-order chi connectivity index (χ0) is 16.4. The monoisotopic (exact) mass is 334 g/mol. The standard InChI is InChI=1S/C7H7NO4S.C6H15NO2/c8-13(9,10)6-3-1-2-5-7(6)12-4-11-5;1-8-5-3-7-4-6-9-2/h1-3H,4H2,(H2,8,9,10);7H,3-6H2,1-2H3. The van der Waals surface area contributed by atoms with E-state index >= 15 is 0 Å². The fourth-order valence-electron chi connectivity index (χ4n) is 1.60. The first-order chi connectivity index (χ1) is 10.5. The van der Waals surface area contributed by atoms with Crippen molar-refractivity contribution in [2.24, 2.45) is 5.14 Å². The molecule has 0 aliphatic carbocycles. The highest BCUT2D eigenvalue weighted by molar-refractivity contribution is 7.89. The van der Waals surface area contributed by atoms with Gasteiger partial charge in [0.15, 0.2) is 11.5 Å². The Labute approximate surface area is 130 Å². The van der Waals surface area contributed by atoms with E-state index in [9.17, 15) is 8.42 Å². The van der Waals surface area contributed by atoms with Crippen molar-refractivity contribution >= 4 is 10.0 Å². The number of sulfonamides is 1. The van der Waals surface area contributed by atoms with Gasteiger partial charge >= 0.3 is 0 Å². The second-order valence-electron chi connectivity index (χ2n) is 4.27. The number of hydrogen-bond donors (Lipinski definition) is 2. The number of para-hydroxylation sites is 1. The molecule has 0 saturated carbocycles. The van der Waals surface area contributed by atoms with Gasteiger partial charge in [-0.1, -0.05) is 6.07 Å². The predicted octanol–water partition coefficient (Wildman–Crippen LogP) is -0.0685. The molecule has 0 spiro atoms. The Bertz CT molecular complexity index is 543. The lowest BCUT2D eigenvalue weighted by molar-refractivity contribution is 0.172. The highest BCUT2D eigenvalue weighted by atomic mass is 32.2. The molecule has 9 heteroatoms. The van der Waals surface area contributed by atoms with Gasteiger partial charge in [0.2, 0.25) is 16.8 Å². The molecule has 8 nitrogen and oxygen atoms in total. The molecule has 0 fully saturated rings. The molecule has 0 bridgehead atoms. The summed E-state index contributed by atoms with van der Waals surface area (Å²) >= 11 is 0. The Hall–Kier alpha value is -1.39. The molecule has 0 unspecified atom stereocenters. The van der Waals surface area contributed by atoms with Crippen molar-refractivity contribution in [3.63, 3.8) is 0 Å². The topological polar surface area (TPSA) is 109 Å². The average Bonchev–Trinajstić information content (AvgIpc) is 2.95. The zero-order valence-electron chi connectivity index (χ0n) is 12.7. The summed E-state index contributed by atoms with van der Waals surface area (Å²) < 4.78 is 41.7. The number of ether oxygens (including phenoxy) is 4. The summed E-state index contributed by atoms with van der Waals surface area (Å²) in [6.07, 6.45) is 0. The summed E-state index contributed by atoms with van der Waals surface area (Å²) in [4.78, 5) is -0.0394. The van der Waals surface area contributed by atoms with Crippen LogP contribution in [0.3, 0.4) is 0 Å². The van der Waals surface area contributed by atoms with Crippen LogP contribution in [0, 0.1) is 0 Å². The van der Waals surface area contributed by atoms with Gasteiger partial charge in [-0.15, -0.1) is 0 Å². The Kier molecular flexibility index (Phi) is 8.13. The molecule has 1 heterocycles. The number of benzene rings is 1. The Morgan fingerprint density at radius 3 is 2.36 bits per heavy atom. The highest BCUT2D eigenvalue weighted by Gasteiger charge is 2.23. The Morgan fingerprint density at radius 2 is 1.82 bits per heavy atom. The molecular weight excluding hydrogens is 312 g/mol. The van der Waals surface area contributed by atoms with Crippen molar-refractivity contribution < 1.29 is 27.4 Å². The third-order valence-corrected chi connectivity index (χ3v) is 3.57. The summed E-state index contributed by atoms with van der Waals surface area (Å²) in [6, 6.07) is 4.55. The molecule has 1 aromatic rings. The van der Waals surface area contributed by atoms with E-state index in [1.54, 1.807) is 26.4 Å². The molecule has 0 saturated heterocycles. The lowest BCUT2D eigenvalue weighted by Gasteiger charge is -2.01. The maximum atomic E-state index is 11.0. The second-order valence-corrected chi connectivity index (χ2v) is 5.80. The van der Waals surface area contributed by atoms with E-state index in [1.807, 2.05) is 0 Å². The third-order valence-electron chi connectivity index (χ3n) is 2.63. The number of nitrogens with one attached hydrogen (secondary N) is 1. The fourth-order valence-corrected chi connectivity index (χ4v) is 2.29. The molecule has 126 valence electrons. The van der Waals surface area contributed by atoms with E-state index in [0.717, 1.165) is 26.3 Å². The minimum Gasteiger partial charge on any atom is -0.454 e. The SMILES string of the molecule is COCCNCCOC.NS(=O)(=O)c1cccc2c1OCO2. The maximum Gasteiger partial charge on any atom is 0.241 e. The van der Waals surface area contributed by atoms with Crippen molar-refractivity contribution in [3.8, 4) is 11.5 Å². The summed E-state index contributed by atoms with van der Waals surface area (Å²) in [7, 11) is -0.348.